The summed E-state index contributed by atoms with van der Waals surface area (Å²) in [6.07, 6.45) is 0.851. The lowest BCUT2D eigenvalue weighted by Gasteiger charge is -2.14. The second-order valence-corrected chi connectivity index (χ2v) is 3.43. The van der Waals surface area contributed by atoms with Crippen LogP contribution < -0.4 is 16.0 Å². The van der Waals surface area contributed by atoms with Gasteiger partial charge in [-0.15, -0.1) is 0 Å². The molecule has 0 fully saturated rings. The number of benzene rings is 1. The highest BCUT2D eigenvalue weighted by Gasteiger charge is 2.02. The molecule has 0 radical (unpaired) electrons. The third-order valence-corrected chi connectivity index (χ3v) is 2.07. The second-order valence-electron chi connectivity index (χ2n) is 3.43. The number of hydrogen-bond acceptors (Lipinski definition) is 3. The average molecular weight is 194 g/mol. The largest absolute Gasteiger partial charge is 0.474 e. The van der Waals surface area contributed by atoms with Crippen molar-refractivity contribution in [1.82, 2.24) is 5.43 Å². The van der Waals surface area contributed by atoms with Gasteiger partial charge in [0, 0.05) is 0 Å². The van der Waals surface area contributed by atoms with Gasteiger partial charge in [-0.2, -0.15) is 0 Å². The molecule has 1 aromatic carbocycles. The van der Waals surface area contributed by atoms with E-state index in [1.807, 2.05) is 19.1 Å². The molecule has 0 heterocycles. The fourth-order valence-electron chi connectivity index (χ4n) is 1.33. The van der Waals surface area contributed by atoms with E-state index in [0.717, 1.165) is 12.2 Å². The Labute approximate surface area is 85.2 Å². The number of nitrogens with two attached hydrogens (primary N) is 1. The molecule has 0 aliphatic carbocycles. The fourth-order valence-corrected chi connectivity index (χ4v) is 1.33. The van der Waals surface area contributed by atoms with E-state index in [1.54, 1.807) is 0 Å². The van der Waals surface area contributed by atoms with E-state index in [9.17, 15) is 0 Å². The normalized spacial score (nSPS) is 12.6. The molecule has 0 saturated heterocycles. The van der Waals surface area contributed by atoms with E-state index in [0.29, 0.717) is 0 Å². The maximum absolute atomic E-state index is 5.55. The Bertz CT molecular complexity index is 299. The Kier molecular flexibility index (Phi) is 3.92. The van der Waals surface area contributed by atoms with Gasteiger partial charge < -0.3 is 4.74 Å². The van der Waals surface area contributed by atoms with Gasteiger partial charge in [0.15, 0.2) is 6.23 Å². The van der Waals surface area contributed by atoms with Crippen LogP contribution in [0.15, 0.2) is 18.2 Å². The molecule has 0 bridgehead atoms. The zero-order valence-electron chi connectivity index (χ0n) is 9.00. The summed E-state index contributed by atoms with van der Waals surface area (Å²) >= 11 is 0. The van der Waals surface area contributed by atoms with Gasteiger partial charge in [0.1, 0.15) is 5.75 Å². The third-order valence-electron chi connectivity index (χ3n) is 2.07. The highest BCUT2D eigenvalue weighted by atomic mass is 16.5. The molecule has 0 spiro atoms. The molecule has 0 aliphatic heterocycles. The molecule has 3 nitrogen and oxygen atoms in total. The second kappa shape index (κ2) is 4.98. The van der Waals surface area contributed by atoms with Gasteiger partial charge in [0.25, 0.3) is 0 Å². The molecule has 1 atom stereocenters. The maximum Gasteiger partial charge on any atom is 0.159 e. The van der Waals surface area contributed by atoms with Crippen molar-refractivity contribution < 1.29 is 4.74 Å². The van der Waals surface area contributed by atoms with Gasteiger partial charge in [-0.05, 0) is 43.5 Å². The van der Waals surface area contributed by atoms with E-state index in [1.165, 1.54) is 11.1 Å². The van der Waals surface area contributed by atoms with Gasteiger partial charge in [0.05, 0.1) is 0 Å². The van der Waals surface area contributed by atoms with Crippen molar-refractivity contribution in [1.29, 1.82) is 0 Å². The molecule has 0 aliphatic rings. The first-order valence-electron chi connectivity index (χ1n) is 4.89. The first-order chi connectivity index (χ1) is 6.65. The summed E-state index contributed by atoms with van der Waals surface area (Å²) in [5.74, 6) is 6.12. The Morgan fingerprint density at radius 1 is 1.43 bits per heavy atom. The predicted octanol–water partition coefficient (Wildman–Crippen LogP) is 1.75. The molecule has 3 N–H and O–H groups in total. The molecule has 1 aromatic rings. The molecule has 1 unspecified atom stereocenters. The Morgan fingerprint density at radius 3 is 2.71 bits per heavy atom. The van der Waals surface area contributed by atoms with Crippen LogP contribution in [0, 0.1) is 6.92 Å². The van der Waals surface area contributed by atoms with E-state index in [-0.39, 0.29) is 6.23 Å². The van der Waals surface area contributed by atoms with Crippen LogP contribution in [0.4, 0.5) is 0 Å². The zero-order chi connectivity index (χ0) is 10.6. The summed E-state index contributed by atoms with van der Waals surface area (Å²) in [5.41, 5.74) is 5.04. The number of aryl methyl sites for hydroxylation is 2. The number of hydrazine groups is 1. The lowest BCUT2D eigenvalue weighted by atomic mass is 10.1. The van der Waals surface area contributed by atoms with Crippen LogP contribution in [-0.2, 0) is 6.42 Å². The van der Waals surface area contributed by atoms with Gasteiger partial charge in [0.2, 0.25) is 0 Å². The van der Waals surface area contributed by atoms with Gasteiger partial charge in [-0.3, -0.25) is 5.84 Å². The summed E-state index contributed by atoms with van der Waals surface area (Å²) in [6.45, 7) is 6.06. The Balaban J connectivity index is 2.81. The quantitative estimate of drug-likeness (QED) is 0.436. The number of nitrogens with one attached hydrogen (secondary N) is 1. The van der Waals surface area contributed by atoms with E-state index in [4.69, 9.17) is 10.6 Å². The van der Waals surface area contributed by atoms with Gasteiger partial charge in [-0.25, -0.2) is 5.43 Å². The van der Waals surface area contributed by atoms with Crippen LogP contribution in [0.3, 0.4) is 0 Å². The van der Waals surface area contributed by atoms with Crippen molar-refractivity contribution >= 4 is 0 Å². The Morgan fingerprint density at radius 2 is 2.14 bits per heavy atom. The van der Waals surface area contributed by atoms with Crippen LogP contribution in [0.5, 0.6) is 5.75 Å². The fraction of sp³-hybridized carbons (Fsp3) is 0.455. The minimum atomic E-state index is -0.165. The molecular formula is C11H18N2O. The topological polar surface area (TPSA) is 47.3 Å². The summed E-state index contributed by atoms with van der Waals surface area (Å²) in [5, 5.41) is 0. The lowest BCUT2D eigenvalue weighted by molar-refractivity contribution is 0.184. The van der Waals surface area contributed by atoms with Crippen LogP contribution in [0.1, 0.15) is 25.0 Å². The molecule has 14 heavy (non-hydrogen) atoms. The first kappa shape index (κ1) is 11.0. The lowest BCUT2D eigenvalue weighted by Crippen LogP contribution is -2.36. The predicted molar refractivity (Wildman–Crippen MR) is 58.0 cm³/mol. The van der Waals surface area contributed by atoms with Crippen molar-refractivity contribution in [3.8, 4) is 5.75 Å². The van der Waals surface area contributed by atoms with Crippen molar-refractivity contribution in [2.75, 3.05) is 0 Å². The van der Waals surface area contributed by atoms with Crippen LogP contribution in [0.25, 0.3) is 0 Å². The van der Waals surface area contributed by atoms with E-state index >= 15 is 0 Å². The molecule has 1 rings (SSSR count). The van der Waals surface area contributed by atoms with Gasteiger partial charge >= 0.3 is 0 Å². The third kappa shape index (κ3) is 3.01. The standard InChI is InChI=1S/C11H18N2O/c1-4-10-5-8(2)6-11(7-10)14-9(3)13-12/h5-7,9,13H,4,12H2,1-3H3. The molecule has 3 heteroatoms. The van der Waals surface area contributed by atoms with Crippen molar-refractivity contribution in [3.05, 3.63) is 29.3 Å². The Hall–Kier alpha value is -1.06. The summed E-state index contributed by atoms with van der Waals surface area (Å²) < 4.78 is 5.55. The summed E-state index contributed by atoms with van der Waals surface area (Å²) in [4.78, 5) is 0. The van der Waals surface area contributed by atoms with E-state index < -0.39 is 0 Å². The van der Waals surface area contributed by atoms with E-state index in [2.05, 4.69) is 25.3 Å². The van der Waals surface area contributed by atoms with Crippen LogP contribution >= 0.6 is 0 Å². The van der Waals surface area contributed by atoms with Crippen molar-refractivity contribution in [2.45, 2.75) is 33.4 Å². The van der Waals surface area contributed by atoms with Crippen molar-refractivity contribution in [3.63, 3.8) is 0 Å². The van der Waals surface area contributed by atoms with Crippen molar-refractivity contribution in [2.24, 2.45) is 5.84 Å². The minimum absolute atomic E-state index is 0.165. The highest BCUT2D eigenvalue weighted by Crippen LogP contribution is 2.17. The number of hydrogen-bond donors (Lipinski definition) is 2. The summed E-state index contributed by atoms with van der Waals surface area (Å²) in [7, 11) is 0. The monoisotopic (exact) mass is 194 g/mol. The van der Waals surface area contributed by atoms with Crippen LogP contribution in [-0.4, -0.2) is 6.23 Å². The molecule has 78 valence electrons. The first-order valence-corrected chi connectivity index (χ1v) is 4.89. The zero-order valence-corrected chi connectivity index (χ0v) is 9.00. The SMILES string of the molecule is CCc1cc(C)cc(OC(C)NN)c1. The molecule has 0 amide bonds. The number of rotatable bonds is 4. The summed E-state index contributed by atoms with van der Waals surface area (Å²) in [6, 6.07) is 6.21. The molecule has 0 aromatic heterocycles. The number of ether oxygens (including phenoxy) is 1. The minimum Gasteiger partial charge on any atom is -0.474 e. The maximum atomic E-state index is 5.55. The van der Waals surface area contributed by atoms with Crippen LogP contribution in [0.2, 0.25) is 0 Å². The molecular weight excluding hydrogens is 176 g/mol. The smallest absolute Gasteiger partial charge is 0.159 e. The van der Waals surface area contributed by atoms with Gasteiger partial charge in [-0.1, -0.05) is 13.0 Å². The highest BCUT2D eigenvalue weighted by molar-refractivity contribution is 5.33. The molecule has 0 saturated carbocycles. The average Bonchev–Trinajstić information content (AvgIpc) is 2.16.